The molecule has 5 heteroatoms. The highest BCUT2D eigenvalue weighted by molar-refractivity contribution is 6.06. The molecule has 0 atom stereocenters. The lowest BCUT2D eigenvalue weighted by Gasteiger charge is -2.19. The number of hydrogen-bond donors (Lipinski definition) is 0. The molecule has 0 fully saturated rings. The molecule has 0 aromatic heterocycles. The summed E-state index contributed by atoms with van der Waals surface area (Å²) in [6.45, 7) is 0.167. The zero-order valence-corrected chi connectivity index (χ0v) is 11.0. The molecule has 2 aromatic rings. The van der Waals surface area contributed by atoms with Crippen molar-refractivity contribution in [3.8, 4) is 11.5 Å². The minimum Gasteiger partial charge on any atom is -0.457 e. The minimum atomic E-state index is -4.44. The maximum absolute atomic E-state index is 13.0. The van der Waals surface area contributed by atoms with Gasteiger partial charge in [-0.1, -0.05) is 24.3 Å². The highest BCUT2D eigenvalue weighted by Gasteiger charge is 2.39. The van der Waals surface area contributed by atoms with Crippen LogP contribution in [0.15, 0.2) is 53.5 Å². The van der Waals surface area contributed by atoms with E-state index in [9.17, 15) is 13.2 Å². The van der Waals surface area contributed by atoms with Gasteiger partial charge in [0.1, 0.15) is 17.2 Å². The lowest BCUT2D eigenvalue weighted by molar-refractivity contribution is -0.0584. The molecule has 0 N–H and O–H groups in total. The van der Waals surface area contributed by atoms with Crippen molar-refractivity contribution in [2.75, 3.05) is 6.54 Å². The van der Waals surface area contributed by atoms with Crippen LogP contribution in [0.2, 0.25) is 0 Å². The smallest absolute Gasteiger partial charge is 0.433 e. The Balaban J connectivity index is 1.96. The molecule has 108 valence electrons. The fraction of sp³-hybridized carbons (Fsp3) is 0.188. The van der Waals surface area contributed by atoms with Gasteiger partial charge in [-0.2, -0.15) is 13.2 Å². The first-order valence-electron chi connectivity index (χ1n) is 6.52. The van der Waals surface area contributed by atoms with Crippen molar-refractivity contribution >= 4 is 5.71 Å². The van der Waals surface area contributed by atoms with Crippen LogP contribution in [-0.2, 0) is 6.42 Å². The van der Waals surface area contributed by atoms with E-state index in [0.29, 0.717) is 23.5 Å². The van der Waals surface area contributed by atoms with Crippen LogP contribution in [0, 0.1) is 0 Å². The number of fused-ring (bicyclic) bond motifs is 1. The summed E-state index contributed by atoms with van der Waals surface area (Å²) < 4.78 is 44.6. The fourth-order valence-electron chi connectivity index (χ4n) is 2.30. The molecule has 1 aliphatic rings. The second kappa shape index (κ2) is 5.24. The van der Waals surface area contributed by atoms with Crippen molar-refractivity contribution in [1.29, 1.82) is 0 Å². The monoisotopic (exact) mass is 291 g/mol. The van der Waals surface area contributed by atoms with Gasteiger partial charge >= 0.3 is 6.18 Å². The molecule has 0 bridgehead atoms. The number of aliphatic imine (C=N–C) groups is 1. The average molecular weight is 291 g/mol. The molecule has 3 rings (SSSR count). The van der Waals surface area contributed by atoms with Crippen molar-refractivity contribution in [2.24, 2.45) is 4.99 Å². The number of benzene rings is 2. The van der Waals surface area contributed by atoms with Gasteiger partial charge in [0, 0.05) is 12.1 Å². The van der Waals surface area contributed by atoms with Crippen molar-refractivity contribution < 1.29 is 17.9 Å². The molecule has 0 aliphatic carbocycles. The molecule has 2 nitrogen and oxygen atoms in total. The van der Waals surface area contributed by atoms with Gasteiger partial charge in [0.2, 0.25) is 0 Å². The highest BCUT2D eigenvalue weighted by Crippen LogP contribution is 2.31. The molecular weight excluding hydrogens is 279 g/mol. The van der Waals surface area contributed by atoms with E-state index in [2.05, 4.69) is 4.99 Å². The summed E-state index contributed by atoms with van der Waals surface area (Å²) in [5, 5.41) is 0. The van der Waals surface area contributed by atoms with Gasteiger partial charge in [-0.3, -0.25) is 4.99 Å². The molecule has 0 unspecified atom stereocenters. The van der Waals surface area contributed by atoms with E-state index in [-0.39, 0.29) is 12.1 Å². The highest BCUT2D eigenvalue weighted by atomic mass is 19.4. The van der Waals surface area contributed by atoms with Crippen molar-refractivity contribution in [3.63, 3.8) is 0 Å². The third-order valence-electron chi connectivity index (χ3n) is 3.23. The Bertz CT molecular complexity index is 678. The first-order chi connectivity index (χ1) is 10.0. The number of rotatable bonds is 2. The van der Waals surface area contributed by atoms with E-state index >= 15 is 0 Å². The first-order valence-corrected chi connectivity index (χ1v) is 6.52. The maximum Gasteiger partial charge on any atom is 0.433 e. The van der Waals surface area contributed by atoms with Crippen molar-refractivity contribution in [1.82, 2.24) is 0 Å². The van der Waals surface area contributed by atoms with Crippen LogP contribution in [0.3, 0.4) is 0 Å². The average Bonchev–Trinajstić information content (AvgIpc) is 2.46. The molecule has 0 saturated heterocycles. The molecule has 0 spiro atoms. The van der Waals surface area contributed by atoms with Crippen LogP contribution in [0.4, 0.5) is 13.2 Å². The van der Waals surface area contributed by atoms with E-state index in [1.807, 2.05) is 6.07 Å². The molecule has 1 aliphatic heterocycles. The van der Waals surface area contributed by atoms with Crippen LogP contribution >= 0.6 is 0 Å². The number of alkyl halides is 3. The lowest BCUT2D eigenvalue weighted by atomic mass is 9.97. The Morgan fingerprint density at radius 2 is 1.71 bits per heavy atom. The molecule has 2 aromatic carbocycles. The Morgan fingerprint density at radius 3 is 2.43 bits per heavy atom. The molecule has 0 saturated carbocycles. The largest absolute Gasteiger partial charge is 0.457 e. The summed E-state index contributed by atoms with van der Waals surface area (Å²) in [6, 6.07) is 13.7. The Hall–Kier alpha value is -2.30. The van der Waals surface area contributed by atoms with Crippen LogP contribution in [0.25, 0.3) is 0 Å². The number of hydrogen-bond acceptors (Lipinski definition) is 2. The third kappa shape index (κ3) is 2.91. The quantitative estimate of drug-likeness (QED) is 0.804. The van der Waals surface area contributed by atoms with E-state index < -0.39 is 11.9 Å². The Kier molecular flexibility index (Phi) is 3.41. The van der Waals surface area contributed by atoms with Crippen LogP contribution in [0.1, 0.15) is 11.1 Å². The van der Waals surface area contributed by atoms with E-state index in [0.717, 1.165) is 0 Å². The number of para-hydroxylation sites is 1. The summed E-state index contributed by atoms with van der Waals surface area (Å²) in [5.41, 5.74) is -0.0535. The summed E-state index contributed by atoms with van der Waals surface area (Å²) in [6.07, 6.45) is -3.93. The topological polar surface area (TPSA) is 21.6 Å². The van der Waals surface area contributed by atoms with Gasteiger partial charge < -0.3 is 4.74 Å². The van der Waals surface area contributed by atoms with Gasteiger partial charge in [-0.25, -0.2) is 0 Å². The molecule has 1 heterocycles. The first kappa shape index (κ1) is 13.7. The van der Waals surface area contributed by atoms with Gasteiger partial charge in [-0.05, 0) is 36.2 Å². The maximum atomic E-state index is 13.0. The normalized spacial score (nSPS) is 14.3. The number of halogens is 3. The van der Waals surface area contributed by atoms with E-state index in [4.69, 9.17) is 4.74 Å². The van der Waals surface area contributed by atoms with Crippen LogP contribution in [0.5, 0.6) is 11.5 Å². The fourth-order valence-corrected chi connectivity index (χ4v) is 2.30. The molecule has 0 radical (unpaired) electrons. The molecule has 0 amide bonds. The lowest BCUT2D eigenvalue weighted by Crippen LogP contribution is -2.28. The zero-order valence-electron chi connectivity index (χ0n) is 11.0. The Morgan fingerprint density at radius 1 is 0.952 bits per heavy atom. The van der Waals surface area contributed by atoms with Crippen LogP contribution in [-0.4, -0.2) is 18.4 Å². The molecule has 21 heavy (non-hydrogen) atoms. The molecular formula is C16H12F3NO. The zero-order chi connectivity index (χ0) is 14.9. The van der Waals surface area contributed by atoms with E-state index in [1.165, 1.54) is 6.07 Å². The summed E-state index contributed by atoms with van der Waals surface area (Å²) in [7, 11) is 0. The standard InChI is InChI=1S/C16H12F3NO/c17-16(18,19)15-14-10-13(7-6-11(14)8-9-20-15)21-12-4-2-1-3-5-12/h1-7,10H,8-9H2. The predicted octanol–water partition coefficient (Wildman–Crippen LogP) is 4.39. The third-order valence-corrected chi connectivity index (χ3v) is 3.23. The second-order valence-electron chi connectivity index (χ2n) is 4.71. The number of nitrogens with zero attached hydrogens (tertiary/aromatic N) is 1. The van der Waals surface area contributed by atoms with E-state index in [1.54, 1.807) is 36.4 Å². The predicted molar refractivity (Wildman–Crippen MR) is 74.1 cm³/mol. The van der Waals surface area contributed by atoms with Crippen molar-refractivity contribution in [3.05, 3.63) is 59.7 Å². The summed E-state index contributed by atoms with van der Waals surface area (Å²) in [5.74, 6) is 0.956. The van der Waals surface area contributed by atoms with Crippen LogP contribution < -0.4 is 4.74 Å². The second-order valence-corrected chi connectivity index (χ2v) is 4.71. The van der Waals surface area contributed by atoms with Gasteiger partial charge in [0.15, 0.2) is 0 Å². The summed E-state index contributed by atoms with van der Waals surface area (Å²) in [4.78, 5) is 3.63. The van der Waals surface area contributed by atoms with Crippen molar-refractivity contribution in [2.45, 2.75) is 12.6 Å². The van der Waals surface area contributed by atoms with Gasteiger partial charge in [0.25, 0.3) is 0 Å². The minimum absolute atomic E-state index is 0.113. The summed E-state index contributed by atoms with van der Waals surface area (Å²) >= 11 is 0. The van der Waals surface area contributed by atoms with Gasteiger partial charge in [-0.15, -0.1) is 0 Å². The number of ether oxygens (including phenoxy) is 1. The SMILES string of the molecule is FC(F)(F)C1=NCCc2ccc(Oc3ccccc3)cc21. The van der Waals surface area contributed by atoms with Gasteiger partial charge in [0.05, 0.1) is 0 Å². The Labute approximate surface area is 119 Å².